The molecule has 4 N–H and O–H groups in total. The second kappa shape index (κ2) is 7.00. The van der Waals surface area contributed by atoms with E-state index in [9.17, 15) is 14.4 Å². The van der Waals surface area contributed by atoms with Crippen LogP contribution >= 0.6 is 0 Å². The van der Waals surface area contributed by atoms with Crippen LogP contribution in [0, 0.1) is 0 Å². The predicted molar refractivity (Wildman–Crippen MR) is 70.0 cm³/mol. The molecule has 0 bridgehead atoms. The maximum Gasteiger partial charge on any atom is 0.319 e. The summed E-state index contributed by atoms with van der Waals surface area (Å²) in [4.78, 5) is 33.7. The van der Waals surface area contributed by atoms with Crippen LogP contribution in [0.5, 0.6) is 0 Å². The Bertz CT molecular complexity index is 461. The Morgan fingerprint density at radius 2 is 1.68 bits per heavy atom. The average Bonchev–Trinajstić information content (AvgIpc) is 2.36. The van der Waals surface area contributed by atoms with Gasteiger partial charge in [-0.2, -0.15) is 0 Å². The van der Waals surface area contributed by atoms with E-state index in [1.807, 2.05) is 6.07 Å². The van der Waals surface area contributed by atoms with Crippen LogP contribution in [0.1, 0.15) is 13.8 Å². The second-order valence-electron chi connectivity index (χ2n) is 3.86. The van der Waals surface area contributed by atoms with E-state index in [1.165, 1.54) is 13.8 Å². The minimum atomic E-state index is -0.782. The van der Waals surface area contributed by atoms with Gasteiger partial charge >= 0.3 is 6.03 Å². The highest BCUT2D eigenvalue weighted by Gasteiger charge is 2.15. The number of urea groups is 1. The third kappa shape index (κ3) is 5.53. The fourth-order valence-corrected chi connectivity index (χ4v) is 1.21. The molecule has 0 aliphatic carbocycles. The van der Waals surface area contributed by atoms with Crippen molar-refractivity contribution in [3.05, 3.63) is 30.3 Å². The van der Waals surface area contributed by atoms with Gasteiger partial charge in [-0.1, -0.05) is 18.2 Å². The van der Waals surface area contributed by atoms with Crippen molar-refractivity contribution < 1.29 is 14.4 Å². The van der Waals surface area contributed by atoms with Gasteiger partial charge < -0.3 is 10.6 Å². The van der Waals surface area contributed by atoms with Crippen LogP contribution < -0.4 is 21.5 Å². The van der Waals surface area contributed by atoms with Crippen LogP contribution in [0.4, 0.5) is 10.5 Å². The first-order valence-corrected chi connectivity index (χ1v) is 5.68. The number of carbonyl (C=O) groups excluding carboxylic acids is 3. The van der Waals surface area contributed by atoms with E-state index in [4.69, 9.17) is 0 Å². The topological polar surface area (TPSA) is 99.3 Å². The Balaban J connectivity index is 2.39. The van der Waals surface area contributed by atoms with Crippen molar-refractivity contribution in [2.45, 2.75) is 19.9 Å². The summed E-state index contributed by atoms with van der Waals surface area (Å²) in [6, 6.07) is 7.55. The van der Waals surface area contributed by atoms with Crippen molar-refractivity contribution in [3.63, 3.8) is 0 Å². The van der Waals surface area contributed by atoms with Crippen LogP contribution in [0.25, 0.3) is 0 Å². The number of benzene rings is 1. The molecule has 7 nitrogen and oxygen atoms in total. The zero-order valence-corrected chi connectivity index (χ0v) is 10.7. The summed E-state index contributed by atoms with van der Waals surface area (Å²) in [6.07, 6.45) is 0. The number of hydrazine groups is 1. The van der Waals surface area contributed by atoms with Gasteiger partial charge in [0.25, 0.3) is 5.91 Å². The summed E-state index contributed by atoms with van der Waals surface area (Å²) in [5, 5.41) is 5.01. The molecule has 102 valence electrons. The van der Waals surface area contributed by atoms with E-state index in [1.54, 1.807) is 24.3 Å². The van der Waals surface area contributed by atoms with Crippen molar-refractivity contribution >= 4 is 23.5 Å². The molecule has 0 heterocycles. The van der Waals surface area contributed by atoms with E-state index < -0.39 is 23.9 Å². The average molecular weight is 264 g/mol. The fourth-order valence-electron chi connectivity index (χ4n) is 1.21. The quantitative estimate of drug-likeness (QED) is 0.593. The Hall–Kier alpha value is -2.57. The van der Waals surface area contributed by atoms with Crippen molar-refractivity contribution in [1.29, 1.82) is 0 Å². The molecule has 0 radical (unpaired) electrons. The molecule has 0 aromatic heterocycles. The Morgan fingerprint density at radius 1 is 1.05 bits per heavy atom. The molecular formula is C12H16N4O3. The van der Waals surface area contributed by atoms with E-state index in [0.29, 0.717) is 5.69 Å². The molecule has 19 heavy (non-hydrogen) atoms. The molecule has 1 aromatic carbocycles. The molecule has 7 heteroatoms. The lowest BCUT2D eigenvalue weighted by Gasteiger charge is -2.14. The van der Waals surface area contributed by atoms with Crippen molar-refractivity contribution in [2.24, 2.45) is 0 Å². The number of anilines is 1. The number of carbonyl (C=O) groups is 3. The van der Waals surface area contributed by atoms with Gasteiger partial charge in [-0.3, -0.25) is 20.4 Å². The summed E-state index contributed by atoms with van der Waals surface area (Å²) >= 11 is 0. The number of para-hydroxylation sites is 1. The van der Waals surface area contributed by atoms with Gasteiger partial charge in [-0.15, -0.1) is 0 Å². The van der Waals surface area contributed by atoms with Crippen LogP contribution in [0.2, 0.25) is 0 Å². The minimum Gasteiger partial charge on any atom is -0.326 e. The largest absolute Gasteiger partial charge is 0.326 e. The number of nitrogens with one attached hydrogen (secondary N) is 4. The number of rotatable bonds is 3. The van der Waals surface area contributed by atoms with E-state index >= 15 is 0 Å². The van der Waals surface area contributed by atoms with E-state index in [-0.39, 0.29) is 0 Å². The molecule has 0 aliphatic rings. The Kier molecular flexibility index (Phi) is 5.34. The van der Waals surface area contributed by atoms with Crippen LogP contribution in [0.15, 0.2) is 30.3 Å². The molecule has 1 unspecified atom stereocenters. The van der Waals surface area contributed by atoms with Crippen LogP contribution in [0.3, 0.4) is 0 Å². The lowest BCUT2D eigenvalue weighted by Crippen LogP contribution is -2.51. The van der Waals surface area contributed by atoms with E-state index in [2.05, 4.69) is 21.5 Å². The molecular weight excluding hydrogens is 248 g/mol. The second-order valence-corrected chi connectivity index (χ2v) is 3.86. The Morgan fingerprint density at radius 3 is 2.26 bits per heavy atom. The zero-order valence-electron chi connectivity index (χ0n) is 10.7. The fraction of sp³-hybridized carbons (Fsp3) is 0.250. The lowest BCUT2D eigenvalue weighted by atomic mass is 10.3. The maximum atomic E-state index is 11.6. The molecule has 0 saturated carbocycles. The molecule has 1 aromatic rings. The monoisotopic (exact) mass is 264 g/mol. The van der Waals surface area contributed by atoms with Gasteiger partial charge in [-0.05, 0) is 19.1 Å². The van der Waals surface area contributed by atoms with Gasteiger partial charge in [-0.25, -0.2) is 4.79 Å². The van der Waals surface area contributed by atoms with Crippen LogP contribution in [-0.4, -0.2) is 23.9 Å². The lowest BCUT2D eigenvalue weighted by molar-refractivity contribution is -0.128. The first kappa shape index (κ1) is 14.5. The smallest absolute Gasteiger partial charge is 0.319 e. The summed E-state index contributed by atoms with van der Waals surface area (Å²) < 4.78 is 0. The highest BCUT2D eigenvalue weighted by Crippen LogP contribution is 2.04. The van der Waals surface area contributed by atoms with Gasteiger partial charge in [0.2, 0.25) is 5.91 Å². The number of amides is 4. The molecule has 0 aliphatic heterocycles. The van der Waals surface area contributed by atoms with Crippen LogP contribution in [-0.2, 0) is 9.59 Å². The number of hydrogen-bond donors (Lipinski definition) is 4. The standard InChI is InChI=1S/C12H16N4O3/c1-8(11(18)16-15-9(2)17)13-12(19)14-10-6-4-3-5-7-10/h3-8H,1-2H3,(H,15,17)(H,16,18)(H2,13,14,19). The molecule has 0 spiro atoms. The molecule has 0 fully saturated rings. The predicted octanol–water partition coefficient (Wildman–Crippen LogP) is 0.364. The molecule has 1 rings (SSSR count). The van der Waals surface area contributed by atoms with Gasteiger partial charge in [0.05, 0.1) is 0 Å². The first-order valence-electron chi connectivity index (χ1n) is 5.68. The zero-order chi connectivity index (χ0) is 14.3. The summed E-state index contributed by atoms with van der Waals surface area (Å²) in [5.74, 6) is -0.910. The number of hydrogen-bond acceptors (Lipinski definition) is 3. The third-order valence-corrected chi connectivity index (χ3v) is 2.13. The summed E-state index contributed by atoms with van der Waals surface area (Å²) in [6.45, 7) is 2.77. The summed E-state index contributed by atoms with van der Waals surface area (Å²) in [7, 11) is 0. The Labute approximate surface area is 110 Å². The summed E-state index contributed by atoms with van der Waals surface area (Å²) in [5.41, 5.74) is 4.93. The highest BCUT2D eigenvalue weighted by atomic mass is 16.2. The van der Waals surface area contributed by atoms with Gasteiger partial charge in [0, 0.05) is 12.6 Å². The highest BCUT2D eigenvalue weighted by molar-refractivity contribution is 5.93. The van der Waals surface area contributed by atoms with E-state index in [0.717, 1.165) is 0 Å². The van der Waals surface area contributed by atoms with Gasteiger partial charge in [0.1, 0.15) is 6.04 Å². The van der Waals surface area contributed by atoms with Crippen molar-refractivity contribution in [2.75, 3.05) is 5.32 Å². The normalized spacial score (nSPS) is 11.1. The molecule has 0 saturated heterocycles. The molecule has 1 atom stereocenters. The third-order valence-electron chi connectivity index (χ3n) is 2.13. The molecule has 4 amide bonds. The first-order chi connectivity index (χ1) is 8.99. The van der Waals surface area contributed by atoms with Crippen molar-refractivity contribution in [1.82, 2.24) is 16.2 Å². The van der Waals surface area contributed by atoms with Crippen molar-refractivity contribution in [3.8, 4) is 0 Å². The minimum absolute atomic E-state index is 0.394. The maximum absolute atomic E-state index is 11.6. The SMILES string of the molecule is CC(=O)NNC(=O)C(C)NC(=O)Nc1ccccc1. The van der Waals surface area contributed by atoms with Gasteiger partial charge in [0.15, 0.2) is 0 Å².